The standard InChI is InChI=1S/C14H17NO4S/c1-15(10-9-12-5-3-2-4-6-12)20(17,18)14-8-7-13(11-16)19-14/h2-8,16H,9-11H2,1H3. The number of hydrogen-bond acceptors (Lipinski definition) is 4. The molecular weight excluding hydrogens is 278 g/mol. The predicted molar refractivity (Wildman–Crippen MR) is 74.6 cm³/mol. The number of aliphatic hydroxyl groups is 1. The van der Waals surface area contributed by atoms with Crippen LogP contribution in [0.25, 0.3) is 0 Å². The van der Waals surface area contributed by atoms with E-state index in [9.17, 15) is 8.42 Å². The zero-order valence-corrected chi connectivity index (χ0v) is 12.0. The molecule has 20 heavy (non-hydrogen) atoms. The van der Waals surface area contributed by atoms with Crippen LogP contribution in [0.5, 0.6) is 0 Å². The third kappa shape index (κ3) is 3.27. The van der Waals surface area contributed by atoms with Gasteiger partial charge in [-0.2, -0.15) is 4.31 Å². The largest absolute Gasteiger partial charge is 0.446 e. The summed E-state index contributed by atoms with van der Waals surface area (Å²) >= 11 is 0. The van der Waals surface area contributed by atoms with Gasteiger partial charge in [0.2, 0.25) is 5.09 Å². The minimum atomic E-state index is -3.64. The lowest BCUT2D eigenvalue weighted by molar-refractivity contribution is 0.235. The molecule has 2 aromatic rings. The maximum Gasteiger partial charge on any atom is 0.276 e. The van der Waals surface area contributed by atoms with E-state index in [1.165, 1.54) is 23.5 Å². The van der Waals surface area contributed by atoms with Gasteiger partial charge in [0.05, 0.1) is 0 Å². The predicted octanol–water partition coefficient (Wildman–Crippen LogP) is 1.64. The number of hydrogen-bond donors (Lipinski definition) is 1. The maximum atomic E-state index is 12.2. The highest BCUT2D eigenvalue weighted by atomic mass is 32.2. The second kappa shape index (κ2) is 6.21. The van der Waals surface area contributed by atoms with Crippen LogP contribution in [0.15, 0.2) is 52.0 Å². The van der Waals surface area contributed by atoms with Crippen LogP contribution in [-0.2, 0) is 23.1 Å². The Balaban J connectivity index is 2.05. The van der Waals surface area contributed by atoms with E-state index in [4.69, 9.17) is 9.52 Å². The normalized spacial score (nSPS) is 11.9. The molecule has 0 amide bonds. The Labute approximate surface area is 118 Å². The zero-order chi connectivity index (χ0) is 14.6. The van der Waals surface area contributed by atoms with Gasteiger partial charge < -0.3 is 9.52 Å². The molecule has 2 rings (SSSR count). The lowest BCUT2D eigenvalue weighted by Gasteiger charge is -2.15. The molecule has 108 valence electrons. The first-order chi connectivity index (χ1) is 9.54. The van der Waals surface area contributed by atoms with Gasteiger partial charge in [-0.15, -0.1) is 0 Å². The molecule has 6 heteroatoms. The van der Waals surface area contributed by atoms with Crippen LogP contribution in [0.2, 0.25) is 0 Å². The first kappa shape index (κ1) is 14.8. The topological polar surface area (TPSA) is 70.8 Å². The molecule has 0 atom stereocenters. The van der Waals surface area contributed by atoms with Crippen molar-refractivity contribution in [2.24, 2.45) is 0 Å². The van der Waals surface area contributed by atoms with Crippen LogP contribution in [0.3, 0.4) is 0 Å². The van der Waals surface area contributed by atoms with Crippen molar-refractivity contribution in [3.63, 3.8) is 0 Å². The first-order valence-electron chi connectivity index (χ1n) is 6.24. The van der Waals surface area contributed by atoms with Crippen LogP contribution in [0.4, 0.5) is 0 Å². The number of aliphatic hydroxyl groups excluding tert-OH is 1. The minimum absolute atomic E-state index is 0.142. The van der Waals surface area contributed by atoms with E-state index in [2.05, 4.69) is 0 Å². The van der Waals surface area contributed by atoms with Crippen molar-refractivity contribution in [3.05, 3.63) is 53.8 Å². The monoisotopic (exact) mass is 295 g/mol. The molecule has 0 aliphatic carbocycles. The van der Waals surface area contributed by atoms with Gasteiger partial charge in [0.15, 0.2) is 0 Å². The molecule has 1 aromatic carbocycles. The molecule has 5 nitrogen and oxygen atoms in total. The van der Waals surface area contributed by atoms with Gasteiger partial charge in [-0.25, -0.2) is 8.42 Å². The highest BCUT2D eigenvalue weighted by Crippen LogP contribution is 2.18. The SMILES string of the molecule is CN(CCc1ccccc1)S(=O)(=O)c1ccc(CO)o1. The summed E-state index contributed by atoms with van der Waals surface area (Å²) in [7, 11) is -2.13. The highest BCUT2D eigenvalue weighted by molar-refractivity contribution is 7.89. The van der Waals surface area contributed by atoms with Gasteiger partial charge in [-0.3, -0.25) is 0 Å². The van der Waals surface area contributed by atoms with E-state index >= 15 is 0 Å². The third-order valence-electron chi connectivity index (χ3n) is 3.02. The van der Waals surface area contributed by atoms with Gasteiger partial charge in [0, 0.05) is 13.6 Å². The van der Waals surface area contributed by atoms with Crippen molar-refractivity contribution in [1.82, 2.24) is 4.31 Å². The van der Waals surface area contributed by atoms with Gasteiger partial charge in [-0.05, 0) is 24.1 Å². The van der Waals surface area contributed by atoms with Crippen molar-refractivity contribution in [2.75, 3.05) is 13.6 Å². The Morgan fingerprint density at radius 3 is 2.45 bits per heavy atom. The number of sulfonamides is 1. The Kier molecular flexibility index (Phi) is 4.59. The van der Waals surface area contributed by atoms with Crippen molar-refractivity contribution < 1.29 is 17.9 Å². The molecule has 1 aromatic heterocycles. The molecule has 0 aliphatic heterocycles. The van der Waals surface area contributed by atoms with Crippen LogP contribution < -0.4 is 0 Å². The van der Waals surface area contributed by atoms with Crippen LogP contribution >= 0.6 is 0 Å². The van der Waals surface area contributed by atoms with Crippen molar-refractivity contribution in [2.45, 2.75) is 18.1 Å². The summed E-state index contributed by atoms with van der Waals surface area (Å²) in [6.45, 7) is 0.0464. The summed E-state index contributed by atoms with van der Waals surface area (Å²) in [6, 6.07) is 12.5. The first-order valence-corrected chi connectivity index (χ1v) is 7.68. The zero-order valence-electron chi connectivity index (χ0n) is 11.2. The smallest absolute Gasteiger partial charge is 0.276 e. The number of likely N-dealkylation sites (N-methyl/N-ethyl adjacent to an activating group) is 1. The summed E-state index contributed by atoms with van der Waals surface area (Å²) in [5.74, 6) is 0.236. The quantitative estimate of drug-likeness (QED) is 0.879. The lowest BCUT2D eigenvalue weighted by Crippen LogP contribution is -2.28. The number of rotatable bonds is 6. The molecule has 0 spiro atoms. The highest BCUT2D eigenvalue weighted by Gasteiger charge is 2.24. The van der Waals surface area contributed by atoms with E-state index in [1.54, 1.807) is 0 Å². The van der Waals surface area contributed by atoms with Gasteiger partial charge in [0.25, 0.3) is 10.0 Å². The van der Waals surface area contributed by atoms with Crippen LogP contribution in [-0.4, -0.2) is 31.4 Å². The maximum absolute atomic E-state index is 12.2. The van der Waals surface area contributed by atoms with E-state index in [0.29, 0.717) is 13.0 Å². The van der Waals surface area contributed by atoms with Crippen LogP contribution in [0, 0.1) is 0 Å². The summed E-state index contributed by atoms with van der Waals surface area (Å²) in [4.78, 5) is 0. The van der Waals surface area contributed by atoms with Crippen molar-refractivity contribution >= 4 is 10.0 Å². The second-order valence-corrected chi connectivity index (χ2v) is 6.42. The fraction of sp³-hybridized carbons (Fsp3) is 0.286. The van der Waals surface area contributed by atoms with Crippen molar-refractivity contribution in [1.29, 1.82) is 0 Å². The molecule has 0 saturated heterocycles. The molecular formula is C14H17NO4S. The van der Waals surface area contributed by atoms with E-state index in [-0.39, 0.29) is 17.5 Å². The Morgan fingerprint density at radius 2 is 1.85 bits per heavy atom. The average Bonchev–Trinajstić information content (AvgIpc) is 2.95. The fourth-order valence-corrected chi connectivity index (χ4v) is 2.88. The third-order valence-corrected chi connectivity index (χ3v) is 4.75. The number of benzene rings is 1. The van der Waals surface area contributed by atoms with Gasteiger partial charge in [-0.1, -0.05) is 30.3 Å². The molecule has 0 fully saturated rings. The second-order valence-electron chi connectivity index (χ2n) is 4.44. The summed E-state index contributed by atoms with van der Waals surface area (Å²) in [6.07, 6.45) is 0.629. The lowest BCUT2D eigenvalue weighted by atomic mass is 10.2. The van der Waals surface area contributed by atoms with Gasteiger partial charge in [0.1, 0.15) is 12.4 Å². The molecule has 1 N–H and O–H groups in total. The summed E-state index contributed by atoms with van der Waals surface area (Å²) < 4.78 is 30.8. The van der Waals surface area contributed by atoms with Crippen molar-refractivity contribution in [3.8, 4) is 0 Å². The molecule has 0 saturated carbocycles. The Morgan fingerprint density at radius 1 is 1.15 bits per heavy atom. The Hall–Kier alpha value is -1.63. The summed E-state index contributed by atoms with van der Waals surface area (Å²) in [5, 5.41) is 8.76. The summed E-state index contributed by atoms with van der Waals surface area (Å²) in [5.41, 5.74) is 1.07. The number of furan rings is 1. The van der Waals surface area contributed by atoms with Gasteiger partial charge >= 0.3 is 0 Å². The molecule has 1 heterocycles. The van der Waals surface area contributed by atoms with E-state index < -0.39 is 10.0 Å². The number of nitrogens with zero attached hydrogens (tertiary/aromatic N) is 1. The molecule has 0 bridgehead atoms. The van der Waals surface area contributed by atoms with Crippen LogP contribution in [0.1, 0.15) is 11.3 Å². The Bertz CT molecular complexity index is 649. The molecule has 0 aliphatic rings. The average molecular weight is 295 g/mol. The van der Waals surface area contributed by atoms with E-state index in [0.717, 1.165) is 5.56 Å². The molecule has 0 unspecified atom stereocenters. The van der Waals surface area contributed by atoms with E-state index in [1.807, 2.05) is 30.3 Å². The molecule has 0 radical (unpaired) electrons. The minimum Gasteiger partial charge on any atom is -0.446 e. The fourth-order valence-electron chi connectivity index (χ4n) is 1.79.